The van der Waals surface area contributed by atoms with Gasteiger partial charge in [-0.2, -0.15) is 5.10 Å². The average molecular weight is 336 g/mol. The lowest BCUT2D eigenvalue weighted by atomic mass is 9.86. The van der Waals surface area contributed by atoms with Crippen molar-refractivity contribution in [2.75, 3.05) is 13.6 Å². The molecule has 0 aliphatic heterocycles. The summed E-state index contributed by atoms with van der Waals surface area (Å²) in [4.78, 5) is 36.7. The number of likely N-dealkylation sites (N-methyl/N-ethyl adjacent to an activating group) is 1. The first-order valence-corrected chi connectivity index (χ1v) is 8.14. The lowest BCUT2D eigenvalue weighted by Crippen LogP contribution is -2.45. The molecule has 2 N–H and O–H groups in total. The molecule has 2 amide bonds. The van der Waals surface area contributed by atoms with Crippen molar-refractivity contribution in [1.29, 1.82) is 0 Å². The third-order valence-corrected chi connectivity index (χ3v) is 4.48. The molecular weight excluding hydrogens is 312 g/mol. The lowest BCUT2D eigenvalue weighted by molar-refractivity contribution is -0.143. The molecule has 1 unspecified atom stereocenters. The Hall–Kier alpha value is -2.38. The van der Waals surface area contributed by atoms with Crippen LogP contribution in [0.1, 0.15) is 38.6 Å². The molecule has 1 aromatic heterocycles. The van der Waals surface area contributed by atoms with Gasteiger partial charge in [0.25, 0.3) is 0 Å². The van der Waals surface area contributed by atoms with Crippen LogP contribution in [0.2, 0.25) is 0 Å². The van der Waals surface area contributed by atoms with E-state index in [1.54, 1.807) is 37.1 Å². The molecule has 1 atom stereocenters. The maximum Gasteiger partial charge on any atom is 0.306 e. The smallest absolute Gasteiger partial charge is 0.306 e. The Labute approximate surface area is 140 Å². The summed E-state index contributed by atoms with van der Waals surface area (Å²) in [5.74, 6) is -1.49. The van der Waals surface area contributed by atoms with Crippen LogP contribution in [-0.2, 0) is 14.4 Å². The molecule has 1 saturated carbocycles. The van der Waals surface area contributed by atoms with Crippen LogP contribution in [-0.4, -0.2) is 57.2 Å². The highest BCUT2D eigenvalue weighted by molar-refractivity contribution is 5.86. The number of carboxylic acid groups (broad SMARTS) is 1. The van der Waals surface area contributed by atoms with E-state index in [0.29, 0.717) is 25.7 Å². The molecule has 1 fully saturated rings. The van der Waals surface area contributed by atoms with Crippen molar-refractivity contribution in [3.8, 4) is 0 Å². The van der Waals surface area contributed by atoms with Crippen molar-refractivity contribution < 1.29 is 19.5 Å². The van der Waals surface area contributed by atoms with Gasteiger partial charge in [0.05, 0.1) is 12.5 Å². The molecule has 24 heavy (non-hydrogen) atoms. The fraction of sp³-hybridized carbons (Fsp3) is 0.625. The summed E-state index contributed by atoms with van der Waals surface area (Å²) < 4.78 is 1.55. The summed E-state index contributed by atoms with van der Waals surface area (Å²) in [5.41, 5.74) is 0. The van der Waals surface area contributed by atoms with Crippen LogP contribution < -0.4 is 5.32 Å². The van der Waals surface area contributed by atoms with Gasteiger partial charge in [0.2, 0.25) is 11.8 Å². The van der Waals surface area contributed by atoms with Crippen molar-refractivity contribution in [3.63, 3.8) is 0 Å². The Morgan fingerprint density at radius 2 is 2.00 bits per heavy atom. The normalized spacial score (nSPS) is 21.8. The summed E-state index contributed by atoms with van der Waals surface area (Å²) in [6.07, 6.45) is 5.77. The second-order valence-electron chi connectivity index (χ2n) is 6.31. The van der Waals surface area contributed by atoms with Crippen LogP contribution in [0.15, 0.2) is 18.5 Å². The van der Waals surface area contributed by atoms with Gasteiger partial charge in [0, 0.05) is 25.5 Å². The van der Waals surface area contributed by atoms with Gasteiger partial charge < -0.3 is 15.3 Å². The number of nitrogens with zero attached hydrogens (tertiary/aromatic N) is 3. The van der Waals surface area contributed by atoms with Gasteiger partial charge in [-0.15, -0.1) is 0 Å². The molecule has 0 spiro atoms. The van der Waals surface area contributed by atoms with Gasteiger partial charge in [0.15, 0.2) is 0 Å². The number of hydrogen-bond donors (Lipinski definition) is 2. The standard InChI is InChI=1S/C16H24N4O4/c1-11(20-9-3-8-17-20)15(22)19(2)10-14(21)18-13-6-4-12(5-7-13)16(23)24/h3,8-9,11-13H,4-7,10H2,1-2H3,(H,18,21)(H,23,24). The van der Waals surface area contributed by atoms with Gasteiger partial charge in [0.1, 0.15) is 6.04 Å². The number of rotatable bonds is 6. The van der Waals surface area contributed by atoms with Gasteiger partial charge in [-0.1, -0.05) is 0 Å². The van der Waals surface area contributed by atoms with E-state index in [4.69, 9.17) is 5.11 Å². The Morgan fingerprint density at radius 3 is 2.54 bits per heavy atom. The first kappa shape index (κ1) is 18.0. The summed E-state index contributed by atoms with van der Waals surface area (Å²) >= 11 is 0. The predicted molar refractivity (Wildman–Crippen MR) is 86.1 cm³/mol. The van der Waals surface area contributed by atoms with Crippen molar-refractivity contribution in [2.24, 2.45) is 5.92 Å². The zero-order valence-electron chi connectivity index (χ0n) is 14.0. The van der Waals surface area contributed by atoms with Crippen LogP contribution in [0.4, 0.5) is 0 Å². The van der Waals surface area contributed by atoms with Gasteiger partial charge in [-0.3, -0.25) is 19.1 Å². The predicted octanol–water partition coefficient (Wildman–Crippen LogP) is 0.662. The minimum Gasteiger partial charge on any atom is -0.481 e. The second kappa shape index (κ2) is 7.94. The van der Waals surface area contributed by atoms with Crippen LogP contribution in [0.25, 0.3) is 0 Å². The minimum atomic E-state index is -0.766. The summed E-state index contributed by atoms with van der Waals surface area (Å²) in [7, 11) is 1.59. The second-order valence-corrected chi connectivity index (χ2v) is 6.31. The highest BCUT2D eigenvalue weighted by Crippen LogP contribution is 2.24. The molecule has 8 heteroatoms. The zero-order chi connectivity index (χ0) is 17.7. The molecule has 1 aromatic rings. The maximum atomic E-state index is 12.3. The third-order valence-electron chi connectivity index (χ3n) is 4.48. The van der Waals surface area contributed by atoms with E-state index in [1.807, 2.05) is 0 Å². The Balaban J connectivity index is 1.77. The van der Waals surface area contributed by atoms with E-state index in [2.05, 4.69) is 10.4 Å². The first-order valence-electron chi connectivity index (χ1n) is 8.14. The SMILES string of the molecule is CC(C(=O)N(C)CC(=O)NC1CCC(C(=O)O)CC1)n1cccn1. The summed E-state index contributed by atoms with van der Waals surface area (Å²) in [5, 5.41) is 15.9. The van der Waals surface area contributed by atoms with Crippen LogP contribution in [0.3, 0.4) is 0 Å². The third kappa shape index (κ3) is 4.56. The monoisotopic (exact) mass is 336 g/mol. The zero-order valence-corrected chi connectivity index (χ0v) is 14.0. The van der Waals surface area contributed by atoms with E-state index in [1.165, 1.54) is 4.90 Å². The topological polar surface area (TPSA) is 105 Å². The van der Waals surface area contributed by atoms with Crippen molar-refractivity contribution in [1.82, 2.24) is 20.0 Å². The number of aliphatic carboxylic acids is 1. The van der Waals surface area contributed by atoms with Crippen LogP contribution in [0, 0.1) is 5.92 Å². The Morgan fingerprint density at radius 1 is 1.33 bits per heavy atom. The molecule has 0 saturated heterocycles. The molecule has 0 bridgehead atoms. The van der Waals surface area contributed by atoms with Crippen LogP contribution >= 0.6 is 0 Å². The molecule has 1 aliphatic rings. The van der Waals surface area contributed by atoms with E-state index in [9.17, 15) is 14.4 Å². The number of carbonyl (C=O) groups is 3. The lowest BCUT2D eigenvalue weighted by Gasteiger charge is -2.28. The molecule has 132 valence electrons. The first-order chi connectivity index (χ1) is 11.4. The van der Waals surface area contributed by atoms with E-state index in [-0.39, 0.29) is 30.3 Å². The fourth-order valence-corrected chi connectivity index (χ4v) is 2.99. The van der Waals surface area contributed by atoms with Gasteiger partial charge >= 0.3 is 5.97 Å². The highest BCUT2D eigenvalue weighted by Gasteiger charge is 2.27. The number of hydrogen-bond acceptors (Lipinski definition) is 4. The molecular formula is C16H24N4O4. The molecule has 0 radical (unpaired) electrons. The van der Waals surface area contributed by atoms with Crippen molar-refractivity contribution in [3.05, 3.63) is 18.5 Å². The molecule has 2 rings (SSSR count). The number of aromatic nitrogens is 2. The largest absolute Gasteiger partial charge is 0.481 e. The molecule has 0 aromatic carbocycles. The van der Waals surface area contributed by atoms with Crippen molar-refractivity contribution in [2.45, 2.75) is 44.7 Å². The summed E-state index contributed by atoms with van der Waals surface area (Å²) in [6, 6.07) is 1.26. The Kier molecular flexibility index (Phi) is 5.94. The van der Waals surface area contributed by atoms with E-state index in [0.717, 1.165) is 0 Å². The highest BCUT2D eigenvalue weighted by atomic mass is 16.4. The number of carbonyl (C=O) groups excluding carboxylic acids is 2. The maximum absolute atomic E-state index is 12.3. The number of carboxylic acids is 1. The Bertz CT molecular complexity index is 579. The molecule has 1 aliphatic carbocycles. The molecule has 8 nitrogen and oxygen atoms in total. The van der Waals surface area contributed by atoms with Gasteiger partial charge in [-0.25, -0.2) is 0 Å². The fourth-order valence-electron chi connectivity index (χ4n) is 2.99. The van der Waals surface area contributed by atoms with E-state index < -0.39 is 12.0 Å². The quantitative estimate of drug-likeness (QED) is 0.794. The number of nitrogens with one attached hydrogen (secondary N) is 1. The average Bonchev–Trinajstić information content (AvgIpc) is 3.08. The van der Waals surface area contributed by atoms with Crippen LogP contribution in [0.5, 0.6) is 0 Å². The number of amides is 2. The summed E-state index contributed by atoms with van der Waals surface area (Å²) in [6.45, 7) is 1.71. The van der Waals surface area contributed by atoms with E-state index >= 15 is 0 Å². The molecule has 1 heterocycles. The minimum absolute atomic E-state index is 0.0138. The van der Waals surface area contributed by atoms with Gasteiger partial charge in [-0.05, 0) is 38.7 Å². The van der Waals surface area contributed by atoms with Crippen molar-refractivity contribution >= 4 is 17.8 Å².